The maximum absolute atomic E-state index is 4.63. The van der Waals surface area contributed by atoms with E-state index < -0.39 is 0 Å². The SMILES string of the molecule is Cc1nc(NCCC(C)C)cc(N2CCc3ccccc32)n1. The van der Waals surface area contributed by atoms with Crippen LogP contribution < -0.4 is 10.2 Å². The first-order valence-corrected chi connectivity index (χ1v) is 8.08. The van der Waals surface area contributed by atoms with Crippen LogP contribution in [0.15, 0.2) is 30.3 Å². The fourth-order valence-corrected chi connectivity index (χ4v) is 2.85. The fraction of sp³-hybridized carbons (Fsp3) is 0.444. The lowest BCUT2D eigenvalue weighted by Crippen LogP contribution is -2.16. The Balaban J connectivity index is 1.81. The van der Waals surface area contributed by atoms with Gasteiger partial charge in [-0.25, -0.2) is 9.97 Å². The molecule has 0 bridgehead atoms. The number of nitrogens with zero attached hydrogens (tertiary/aromatic N) is 3. The molecule has 0 fully saturated rings. The van der Waals surface area contributed by atoms with Crippen LogP contribution in [-0.4, -0.2) is 23.1 Å². The standard InChI is InChI=1S/C18H24N4/c1-13(2)8-10-19-17-12-18(21-14(3)20-17)22-11-9-15-6-4-5-7-16(15)22/h4-7,12-13H,8-11H2,1-3H3,(H,19,20,21). The predicted octanol–water partition coefficient (Wildman–Crippen LogP) is 3.94. The molecule has 1 aliphatic heterocycles. The van der Waals surface area contributed by atoms with Crippen molar-refractivity contribution in [3.63, 3.8) is 0 Å². The number of benzene rings is 1. The van der Waals surface area contributed by atoms with Gasteiger partial charge >= 0.3 is 0 Å². The van der Waals surface area contributed by atoms with Crippen molar-refractivity contribution in [3.05, 3.63) is 41.7 Å². The van der Waals surface area contributed by atoms with E-state index in [-0.39, 0.29) is 0 Å². The van der Waals surface area contributed by atoms with E-state index in [2.05, 4.69) is 64.4 Å². The van der Waals surface area contributed by atoms with Gasteiger partial charge in [-0.05, 0) is 37.3 Å². The van der Waals surface area contributed by atoms with Gasteiger partial charge in [0, 0.05) is 24.8 Å². The average Bonchev–Trinajstić information content (AvgIpc) is 2.90. The van der Waals surface area contributed by atoms with E-state index >= 15 is 0 Å². The van der Waals surface area contributed by atoms with Crippen LogP contribution >= 0.6 is 0 Å². The summed E-state index contributed by atoms with van der Waals surface area (Å²) in [5, 5.41) is 3.43. The van der Waals surface area contributed by atoms with Crippen molar-refractivity contribution >= 4 is 17.3 Å². The molecular formula is C18H24N4. The number of fused-ring (bicyclic) bond motifs is 1. The summed E-state index contributed by atoms with van der Waals surface area (Å²) in [6, 6.07) is 10.6. The predicted molar refractivity (Wildman–Crippen MR) is 91.9 cm³/mol. The number of aryl methyl sites for hydroxylation is 1. The molecule has 4 nitrogen and oxygen atoms in total. The molecule has 0 atom stereocenters. The van der Waals surface area contributed by atoms with Gasteiger partial charge in [-0.1, -0.05) is 32.0 Å². The van der Waals surface area contributed by atoms with Crippen LogP contribution in [0.25, 0.3) is 0 Å². The van der Waals surface area contributed by atoms with Crippen LogP contribution in [0.1, 0.15) is 31.7 Å². The van der Waals surface area contributed by atoms with Crippen LogP contribution in [0.3, 0.4) is 0 Å². The van der Waals surface area contributed by atoms with E-state index in [4.69, 9.17) is 0 Å². The van der Waals surface area contributed by atoms with Crippen molar-refractivity contribution in [2.45, 2.75) is 33.6 Å². The van der Waals surface area contributed by atoms with Gasteiger partial charge in [-0.15, -0.1) is 0 Å². The zero-order chi connectivity index (χ0) is 15.5. The molecule has 22 heavy (non-hydrogen) atoms. The molecule has 2 heterocycles. The molecule has 0 aliphatic carbocycles. The third kappa shape index (κ3) is 3.21. The van der Waals surface area contributed by atoms with Crippen LogP contribution in [0.5, 0.6) is 0 Å². The second kappa shape index (κ2) is 6.34. The maximum atomic E-state index is 4.63. The van der Waals surface area contributed by atoms with E-state index in [0.29, 0.717) is 5.92 Å². The first-order chi connectivity index (χ1) is 10.6. The Kier molecular flexibility index (Phi) is 4.27. The zero-order valence-electron chi connectivity index (χ0n) is 13.6. The van der Waals surface area contributed by atoms with Gasteiger partial charge in [0.1, 0.15) is 17.5 Å². The van der Waals surface area contributed by atoms with E-state index in [0.717, 1.165) is 43.4 Å². The summed E-state index contributed by atoms with van der Waals surface area (Å²) in [5.41, 5.74) is 2.67. The summed E-state index contributed by atoms with van der Waals surface area (Å²) in [6.45, 7) is 8.36. The minimum Gasteiger partial charge on any atom is -0.370 e. The summed E-state index contributed by atoms with van der Waals surface area (Å²) >= 11 is 0. The fourth-order valence-electron chi connectivity index (χ4n) is 2.85. The summed E-state index contributed by atoms with van der Waals surface area (Å²) in [5.74, 6) is 3.42. The molecule has 4 heteroatoms. The van der Waals surface area contributed by atoms with E-state index in [1.54, 1.807) is 0 Å². The Labute approximate surface area is 132 Å². The van der Waals surface area contributed by atoms with Gasteiger partial charge in [0.2, 0.25) is 0 Å². The number of hydrogen-bond donors (Lipinski definition) is 1. The van der Waals surface area contributed by atoms with Gasteiger partial charge < -0.3 is 10.2 Å². The first-order valence-electron chi connectivity index (χ1n) is 8.08. The van der Waals surface area contributed by atoms with Crippen LogP contribution in [0.2, 0.25) is 0 Å². The van der Waals surface area contributed by atoms with Gasteiger partial charge in [0.25, 0.3) is 0 Å². The molecule has 2 aromatic rings. The summed E-state index contributed by atoms with van der Waals surface area (Å²) < 4.78 is 0. The molecule has 0 saturated carbocycles. The molecule has 0 amide bonds. The number of nitrogens with one attached hydrogen (secondary N) is 1. The lowest BCUT2D eigenvalue weighted by molar-refractivity contribution is 0.606. The molecule has 116 valence electrons. The van der Waals surface area contributed by atoms with Crippen molar-refractivity contribution in [2.24, 2.45) is 5.92 Å². The van der Waals surface area contributed by atoms with E-state index in [1.165, 1.54) is 11.3 Å². The second-order valence-electron chi connectivity index (χ2n) is 6.30. The van der Waals surface area contributed by atoms with Gasteiger partial charge in [0.15, 0.2) is 0 Å². The van der Waals surface area contributed by atoms with Crippen molar-refractivity contribution in [1.29, 1.82) is 0 Å². The van der Waals surface area contributed by atoms with Gasteiger partial charge in [0.05, 0.1) is 0 Å². The molecule has 1 aliphatic rings. The number of aromatic nitrogens is 2. The van der Waals surface area contributed by atoms with Gasteiger partial charge in [-0.2, -0.15) is 0 Å². The Hall–Kier alpha value is -2.10. The second-order valence-corrected chi connectivity index (χ2v) is 6.30. The summed E-state index contributed by atoms with van der Waals surface area (Å²) in [7, 11) is 0. The largest absolute Gasteiger partial charge is 0.370 e. The van der Waals surface area contributed by atoms with Crippen molar-refractivity contribution in [1.82, 2.24) is 9.97 Å². The number of para-hydroxylation sites is 1. The summed E-state index contributed by atoms with van der Waals surface area (Å²) in [4.78, 5) is 11.4. The molecule has 1 aromatic carbocycles. The number of hydrogen-bond acceptors (Lipinski definition) is 4. The molecule has 1 N–H and O–H groups in total. The summed E-state index contributed by atoms with van der Waals surface area (Å²) in [6.07, 6.45) is 2.22. The zero-order valence-corrected chi connectivity index (χ0v) is 13.6. The Morgan fingerprint density at radius 2 is 2.05 bits per heavy atom. The van der Waals surface area contributed by atoms with Crippen LogP contribution in [0.4, 0.5) is 17.3 Å². The third-order valence-electron chi connectivity index (χ3n) is 4.02. The Morgan fingerprint density at radius 3 is 2.86 bits per heavy atom. The highest BCUT2D eigenvalue weighted by Crippen LogP contribution is 2.33. The van der Waals surface area contributed by atoms with E-state index in [1.807, 2.05) is 6.92 Å². The molecule has 3 rings (SSSR count). The molecule has 1 aromatic heterocycles. The minimum atomic E-state index is 0.695. The maximum Gasteiger partial charge on any atom is 0.138 e. The third-order valence-corrected chi connectivity index (χ3v) is 4.02. The Bertz CT molecular complexity index is 651. The molecule has 0 radical (unpaired) electrons. The minimum absolute atomic E-state index is 0.695. The monoisotopic (exact) mass is 296 g/mol. The normalized spacial score (nSPS) is 13.5. The number of anilines is 3. The smallest absolute Gasteiger partial charge is 0.138 e. The van der Waals surface area contributed by atoms with Crippen molar-refractivity contribution in [3.8, 4) is 0 Å². The highest BCUT2D eigenvalue weighted by Gasteiger charge is 2.21. The van der Waals surface area contributed by atoms with Crippen LogP contribution in [-0.2, 0) is 6.42 Å². The highest BCUT2D eigenvalue weighted by molar-refractivity contribution is 5.68. The quantitative estimate of drug-likeness (QED) is 0.907. The lowest BCUT2D eigenvalue weighted by atomic mass is 10.1. The van der Waals surface area contributed by atoms with Crippen LogP contribution in [0, 0.1) is 12.8 Å². The molecule has 0 spiro atoms. The van der Waals surface area contributed by atoms with Crippen molar-refractivity contribution < 1.29 is 0 Å². The average molecular weight is 296 g/mol. The van der Waals surface area contributed by atoms with E-state index in [9.17, 15) is 0 Å². The molecular weight excluding hydrogens is 272 g/mol. The first kappa shape index (κ1) is 14.8. The molecule has 0 saturated heterocycles. The van der Waals surface area contributed by atoms with Crippen molar-refractivity contribution in [2.75, 3.05) is 23.3 Å². The Morgan fingerprint density at radius 1 is 1.23 bits per heavy atom. The highest BCUT2D eigenvalue weighted by atomic mass is 15.2. The lowest BCUT2D eigenvalue weighted by Gasteiger charge is -2.19. The molecule has 0 unspecified atom stereocenters. The number of rotatable bonds is 5. The topological polar surface area (TPSA) is 41.1 Å². The van der Waals surface area contributed by atoms with Gasteiger partial charge in [-0.3, -0.25) is 0 Å².